The Morgan fingerprint density at radius 1 is 1.25 bits per heavy atom. The fourth-order valence-electron chi connectivity index (χ4n) is 5.01. The molecule has 0 radical (unpaired) electrons. The van der Waals surface area contributed by atoms with Crippen molar-refractivity contribution in [3.63, 3.8) is 0 Å². The number of H-pyrrole nitrogens is 1. The van der Waals surface area contributed by atoms with Crippen molar-refractivity contribution in [3.05, 3.63) is 47.5 Å². The maximum absolute atomic E-state index is 13.1. The highest BCUT2D eigenvalue weighted by molar-refractivity contribution is 5.82. The Balaban J connectivity index is 1.37. The van der Waals surface area contributed by atoms with Crippen LogP contribution in [0.4, 0.5) is 0 Å². The van der Waals surface area contributed by atoms with Crippen LogP contribution in [-0.2, 0) is 23.3 Å². The van der Waals surface area contributed by atoms with Gasteiger partial charge in [0.15, 0.2) is 0 Å². The molecule has 5 rings (SSSR count). The Labute approximate surface area is 165 Å². The summed E-state index contributed by atoms with van der Waals surface area (Å²) in [5, 5.41) is 0. The minimum atomic E-state index is -0.232. The quantitative estimate of drug-likeness (QED) is 0.886. The topological polar surface area (TPSA) is 61.5 Å². The number of hydrogen-bond acceptors (Lipinski definition) is 4. The Kier molecular flexibility index (Phi) is 4.38. The van der Waals surface area contributed by atoms with E-state index in [9.17, 15) is 4.79 Å². The molecule has 1 aromatic heterocycles. The van der Waals surface area contributed by atoms with Crippen LogP contribution in [0.25, 0.3) is 0 Å². The largest absolute Gasteiger partial charge is 0.496 e. The molecule has 1 N–H and O–H groups in total. The Bertz CT molecular complexity index is 865. The fourth-order valence-corrected chi connectivity index (χ4v) is 5.01. The lowest BCUT2D eigenvalue weighted by Crippen LogP contribution is -2.58. The predicted octanol–water partition coefficient (Wildman–Crippen LogP) is 2.70. The van der Waals surface area contributed by atoms with Gasteiger partial charge in [0.1, 0.15) is 5.75 Å². The predicted molar refractivity (Wildman–Crippen MR) is 106 cm³/mol. The van der Waals surface area contributed by atoms with E-state index in [1.54, 1.807) is 13.4 Å². The van der Waals surface area contributed by atoms with Gasteiger partial charge >= 0.3 is 0 Å². The van der Waals surface area contributed by atoms with Crippen molar-refractivity contribution in [1.82, 2.24) is 19.8 Å². The first kappa shape index (κ1) is 17.7. The lowest BCUT2D eigenvalue weighted by atomic mass is 9.78. The van der Waals surface area contributed by atoms with Gasteiger partial charge in [-0.1, -0.05) is 18.2 Å². The molecule has 28 heavy (non-hydrogen) atoms. The van der Waals surface area contributed by atoms with Gasteiger partial charge in [0.2, 0.25) is 5.91 Å². The highest BCUT2D eigenvalue weighted by atomic mass is 16.5. The summed E-state index contributed by atoms with van der Waals surface area (Å²) in [6.07, 6.45) is 6.69. The highest BCUT2D eigenvalue weighted by Gasteiger charge is 2.50. The Morgan fingerprint density at radius 2 is 2.04 bits per heavy atom. The Morgan fingerprint density at radius 3 is 2.79 bits per heavy atom. The summed E-state index contributed by atoms with van der Waals surface area (Å²) < 4.78 is 5.52. The smallest absolute Gasteiger partial charge is 0.226 e. The standard InChI is InChI=1S/C22H28N4O2/c1-28-19-5-3-2-4-17(19)14-25-12-9-22(10-13-25)20-18(23-15-24-20)8-11-26(22)21(27)16-6-7-16/h2-5,15-16H,6-14H2,1H3,(H,23,24). The average Bonchev–Trinajstić information content (AvgIpc) is 3.47. The number of piperidine rings is 1. The molecule has 1 aromatic carbocycles. The van der Waals surface area contributed by atoms with E-state index in [1.165, 1.54) is 11.3 Å². The number of aromatic nitrogens is 2. The number of hydrogen-bond donors (Lipinski definition) is 1. The second kappa shape index (κ2) is 6.92. The van der Waals surface area contributed by atoms with Gasteiger partial charge in [0.05, 0.1) is 24.7 Å². The van der Waals surface area contributed by atoms with E-state index >= 15 is 0 Å². The number of ether oxygens (including phenoxy) is 1. The van der Waals surface area contributed by atoms with Crippen molar-refractivity contribution in [2.75, 3.05) is 26.7 Å². The lowest BCUT2D eigenvalue weighted by molar-refractivity contribution is -0.143. The molecule has 1 aliphatic carbocycles. The number of amides is 1. The summed E-state index contributed by atoms with van der Waals surface area (Å²) in [7, 11) is 1.73. The van der Waals surface area contributed by atoms with E-state index in [2.05, 4.69) is 26.9 Å². The van der Waals surface area contributed by atoms with Gasteiger partial charge in [-0.05, 0) is 31.7 Å². The molecular formula is C22H28N4O2. The van der Waals surface area contributed by atoms with Crippen LogP contribution in [0.15, 0.2) is 30.6 Å². The second-order valence-electron chi connectivity index (χ2n) is 8.36. The zero-order valence-corrected chi connectivity index (χ0v) is 16.5. The molecule has 3 aliphatic rings. The molecule has 1 saturated carbocycles. The van der Waals surface area contributed by atoms with Crippen molar-refractivity contribution in [2.24, 2.45) is 5.92 Å². The van der Waals surface area contributed by atoms with Crippen molar-refractivity contribution >= 4 is 5.91 Å². The minimum Gasteiger partial charge on any atom is -0.496 e. The number of methoxy groups -OCH3 is 1. The molecule has 1 saturated heterocycles. The summed E-state index contributed by atoms with van der Waals surface area (Å²) in [4.78, 5) is 25.8. The number of imidazole rings is 1. The number of likely N-dealkylation sites (tertiary alicyclic amines) is 1. The van der Waals surface area contributed by atoms with Crippen LogP contribution < -0.4 is 4.74 Å². The molecule has 2 fully saturated rings. The molecular weight excluding hydrogens is 352 g/mol. The fraction of sp³-hybridized carbons (Fsp3) is 0.545. The summed E-state index contributed by atoms with van der Waals surface area (Å²) in [5.41, 5.74) is 3.32. The van der Waals surface area contributed by atoms with Crippen LogP contribution in [0, 0.1) is 5.92 Å². The molecule has 3 heterocycles. The number of nitrogens with zero attached hydrogens (tertiary/aromatic N) is 3. The van der Waals surface area contributed by atoms with Crippen LogP contribution in [-0.4, -0.2) is 52.4 Å². The molecule has 6 nitrogen and oxygen atoms in total. The van der Waals surface area contributed by atoms with E-state index in [0.717, 1.165) is 69.7 Å². The van der Waals surface area contributed by atoms with Gasteiger partial charge in [-0.2, -0.15) is 0 Å². The normalized spacial score (nSPS) is 21.5. The second-order valence-corrected chi connectivity index (χ2v) is 8.36. The van der Waals surface area contributed by atoms with Crippen LogP contribution in [0.2, 0.25) is 0 Å². The third-order valence-corrected chi connectivity index (χ3v) is 6.72. The van der Waals surface area contributed by atoms with Crippen LogP contribution in [0.5, 0.6) is 5.75 Å². The minimum absolute atomic E-state index is 0.232. The molecule has 2 aliphatic heterocycles. The molecule has 1 amide bonds. The van der Waals surface area contributed by atoms with Crippen molar-refractivity contribution in [3.8, 4) is 5.75 Å². The summed E-state index contributed by atoms with van der Waals surface area (Å²) in [6, 6.07) is 8.24. The summed E-state index contributed by atoms with van der Waals surface area (Å²) >= 11 is 0. The molecule has 0 unspecified atom stereocenters. The molecule has 2 aromatic rings. The van der Waals surface area contributed by atoms with Crippen LogP contribution in [0.3, 0.4) is 0 Å². The van der Waals surface area contributed by atoms with Gasteiger partial charge in [0.25, 0.3) is 0 Å². The van der Waals surface area contributed by atoms with Crippen molar-refractivity contribution in [1.29, 1.82) is 0 Å². The van der Waals surface area contributed by atoms with Gasteiger partial charge in [-0.3, -0.25) is 9.69 Å². The molecule has 0 atom stereocenters. The van der Waals surface area contributed by atoms with Gasteiger partial charge in [-0.15, -0.1) is 0 Å². The molecule has 0 bridgehead atoms. The first-order valence-electron chi connectivity index (χ1n) is 10.4. The van der Waals surface area contributed by atoms with Crippen molar-refractivity contribution in [2.45, 2.75) is 44.2 Å². The zero-order valence-electron chi connectivity index (χ0n) is 16.5. The maximum Gasteiger partial charge on any atom is 0.226 e. The molecule has 148 valence electrons. The number of para-hydroxylation sites is 1. The number of fused-ring (bicyclic) bond motifs is 2. The SMILES string of the molecule is COc1ccccc1CN1CCC2(CC1)c1nc[nH]c1CCN2C(=O)C1CC1. The Hall–Kier alpha value is -2.34. The highest BCUT2D eigenvalue weighted by Crippen LogP contribution is 2.45. The maximum atomic E-state index is 13.1. The lowest BCUT2D eigenvalue weighted by Gasteiger charge is -2.50. The third-order valence-electron chi connectivity index (χ3n) is 6.72. The van der Waals surface area contributed by atoms with E-state index in [1.807, 2.05) is 12.1 Å². The van der Waals surface area contributed by atoms with Crippen LogP contribution >= 0.6 is 0 Å². The van der Waals surface area contributed by atoms with Gasteiger partial charge in [-0.25, -0.2) is 4.98 Å². The number of carbonyl (C=O) groups is 1. The number of carbonyl (C=O) groups excluding carboxylic acids is 1. The monoisotopic (exact) mass is 380 g/mol. The van der Waals surface area contributed by atoms with E-state index in [-0.39, 0.29) is 11.5 Å². The average molecular weight is 380 g/mol. The van der Waals surface area contributed by atoms with E-state index in [4.69, 9.17) is 9.72 Å². The number of nitrogens with one attached hydrogen (secondary N) is 1. The van der Waals surface area contributed by atoms with Gasteiger partial charge < -0.3 is 14.6 Å². The van der Waals surface area contributed by atoms with E-state index in [0.29, 0.717) is 5.91 Å². The molecule has 1 spiro atoms. The first-order chi connectivity index (χ1) is 13.7. The summed E-state index contributed by atoms with van der Waals surface area (Å²) in [6.45, 7) is 3.61. The number of rotatable bonds is 4. The van der Waals surface area contributed by atoms with Crippen molar-refractivity contribution < 1.29 is 9.53 Å². The zero-order chi connectivity index (χ0) is 19.1. The van der Waals surface area contributed by atoms with Gasteiger partial charge in [0, 0.05) is 49.8 Å². The first-order valence-corrected chi connectivity index (χ1v) is 10.4. The number of benzene rings is 1. The number of aromatic amines is 1. The van der Waals surface area contributed by atoms with Crippen LogP contribution in [0.1, 0.15) is 42.6 Å². The summed E-state index contributed by atoms with van der Waals surface area (Å²) in [5.74, 6) is 1.55. The molecule has 6 heteroatoms. The third kappa shape index (κ3) is 2.91. The van der Waals surface area contributed by atoms with E-state index < -0.39 is 0 Å².